The van der Waals surface area contributed by atoms with Gasteiger partial charge in [-0.25, -0.2) is 19.7 Å². The SMILES string of the molecule is Cc1cccc(C)c1-c1cc(OC[C@@H](CC(C)(C)C)NCc2ncccn2)nc(NSc2cc(C(=O)O)nn2C)n1. The molecule has 216 valence electrons. The number of ether oxygens (including phenoxy) is 1. The highest BCUT2D eigenvalue weighted by molar-refractivity contribution is 8.00. The summed E-state index contributed by atoms with van der Waals surface area (Å²) >= 11 is 1.18. The van der Waals surface area contributed by atoms with Gasteiger partial charge in [0.15, 0.2) is 5.69 Å². The van der Waals surface area contributed by atoms with Gasteiger partial charge < -0.3 is 15.2 Å². The number of carbonyl (C=O) groups is 1. The van der Waals surface area contributed by atoms with Crippen molar-refractivity contribution in [2.75, 3.05) is 11.3 Å². The van der Waals surface area contributed by atoms with Crippen LogP contribution in [0.15, 0.2) is 53.8 Å². The van der Waals surface area contributed by atoms with Gasteiger partial charge in [0.25, 0.3) is 0 Å². The number of hydrogen-bond donors (Lipinski definition) is 3. The topological polar surface area (TPSA) is 140 Å². The third-order valence-electron chi connectivity index (χ3n) is 6.20. The highest BCUT2D eigenvalue weighted by Crippen LogP contribution is 2.30. The van der Waals surface area contributed by atoms with Crippen molar-refractivity contribution in [2.45, 2.75) is 58.7 Å². The molecule has 4 rings (SSSR count). The zero-order valence-corrected chi connectivity index (χ0v) is 25.0. The Kier molecular flexibility index (Phi) is 9.56. The van der Waals surface area contributed by atoms with E-state index in [0.29, 0.717) is 30.0 Å². The number of anilines is 1. The van der Waals surface area contributed by atoms with E-state index in [1.165, 1.54) is 22.7 Å². The molecule has 3 aromatic heterocycles. The Morgan fingerprint density at radius 1 is 1.10 bits per heavy atom. The predicted octanol–water partition coefficient (Wildman–Crippen LogP) is 5.07. The third-order valence-corrected chi connectivity index (χ3v) is 7.08. The van der Waals surface area contributed by atoms with E-state index in [1.807, 2.05) is 38.1 Å². The van der Waals surface area contributed by atoms with E-state index in [-0.39, 0.29) is 17.2 Å². The maximum atomic E-state index is 11.3. The van der Waals surface area contributed by atoms with Crippen molar-refractivity contribution in [3.63, 3.8) is 0 Å². The second-order valence-electron chi connectivity index (χ2n) is 11.0. The lowest BCUT2D eigenvalue weighted by Crippen LogP contribution is -2.38. The van der Waals surface area contributed by atoms with Crippen LogP contribution in [0.2, 0.25) is 0 Å². The summed E-state index contributed by atoms with van der Waals surface area (Å²) in [5.74, 6) is 0.388. The van der Waals surface area contributed by atoms with Gasteiger partial charge in [-0.3, -0.25) is 9.40 Å². The molecule has 0 fully saturated rings. The molecule has 0 radical (unpaired) electrons. The molecule has 1 atom stereocenters. The number of aromatic carboxylic acids is 1. The molecule has 4 aromatic rings. The second kappa shape index (κ2) is 13.1. The normalized spacial score (nSPS) is 12.2. The van der Waals surface area contributed by atoms with Crippen LogP contribution >= 0.6 is 11.9 Å². The zero-order chi connectivity index (χ0) is 29.6. The number of aryl methyl sites for hydroxylation is 3. The van der Waals surface area contributed by atoms with Crippen molar-refractivity contribution in [3.8, 4) is 17.1 Å². The van der Waals surface area contributed by atoms with Crippen LogP contribution in [0.4, 0.5) is 5.95 Å². The molecular formula is C29H36N8O3S. The summed E-state index contributed by atoms with van der Waals surface area (Å²) in [5.41, 5.74) is 3.93. The fourth-order valence-electron chi connectivity index (χ4n) is 4.41. The molecule has 0 aliphatic rings. The third kappa shape index (κ3) is 8.48. The Labute approximate surface area is 244 Å². The van der Waals surface area contributed by atoms with Gasteiger partial charge in [0.05, 0.1) is 12.2 Å². The van der Waals surface area contributed by atoms with Crippen LogP contribution in [-0.4, -0.2) is 53.4 Å². The molecule has 0 spiro atoms. The molecule has 3 heterocycles. The highest BCUT2D eigenvalue weighted by Gasteiger charge is 2.21. The summed E-state index contributed by atoms with van der Waals surface area (Å²) in [6.07, 6.45) is 4.33. The molecule has 0 saturated heterocycles. The summed E-state index contributed by atoms with van der Waals surface area (Å²) in [7, 11) is 1.68. The Balaban J connectivity index is 1.58. The number of nitrogens with one attached hydrogen (secondary N) is 2. The van der Waals surface area contributed by atoms with E-state index in [4.69, 9.17) is 9.72 Å². The molecular weight excluding hydrogens is 540 g/mol. The molecule has 0 bridgehead atoms. The van der Waals surface area contributed by atoms with Gasteiger partial charge in [-0.1, -0.05) is 39.0 Å². The average Bonchev–Trinajstić information content (AvgIpc) is 3.29. The van der Waals surface area contributed by atoms with E-state index < -0.39 is 5.97 Å². The van der Waals surface area contributed by atoms with Crippen molar-refractivity contribution in [3.05, 3.63) is 71.4 Å². The van der Waals surface area contributed by atoms with Crippen LogP contribution in [0.3, 0.4) is 0 Å². The van der Waals surface area contributed by atoms with Gasteiger partial charge in [-0.2, -0.15) is 10.1 Å². The first kappa shape index (κ1) is 29.9. The van der Waals surface area contributed by atoms with E-state index >= 15 is 0 Å². The first-order valence-electron chi connectivity index (χ1n) is 13.3. The lowest BCUT2D eigenvalue weighted by atomic mass is 9.88. The molecule has 12 heteroatoms. The fourth-order valence-corrected chi connectivity index (χ4v) is 5.04. The number of rotatable bonds is 12. The minimum atomic E-state index is -1.09. The number of aromatic nitrogens is 6. The first-order valence-corrected chi connectivity index (χ1v) is 14.1. The van der Waals surface area contributed by atoms with Crippen LogP contribution in [0.5, 0.6) is 5.88 Å². The summed E-state index contributed by atoms with van der Waals surface area (Å²) in [5, 5.41) is 17.4. The van der Waals surface area contributed by atoms with Gasteiger partial charge in [-0.15, -0.1) is 0 Å². The molecule has 1 aromatic carbocycles. The lowest BCUT2D eigenvalue weighted by Gasteiger charge is -2.26. The number of carboxylic acid groups (broad SMARTS) is 1. The van der Waals surface area contributed by atoms with Crippen LogP contribution in [0.25, 0.3) is 11.3 Å². The van der Waals surface area contributed by atoms with Crippen LogP contribution in [0, 0.1) is 19.3 Å². The van der Waals surface area contributed by atoms with E-state index in [0.717, 1.165) is 34.6 Å². The van der Waals surface area contributed by atoms with E-state index in [1.54, 1.807) is 25.5 Å². The van der Waals surface area contributed by atoms with Gasteiger partial charge in [0.1, 0.15) is 17.5 Å². The van der Waals surface area contributed by atoms with Crippen molar-refractivity contribution >= 4 is 23.9 Å². The van der Waals surface area contributed by atoms with Crippen molar-refractivity contribution in [2.24, 2.45) is 12.5 Å². The maximum Gasteiger partial charge on any atom is 0.356 e. The average molecular weight is 577 g/mol. The molecule has 0 aliphatic heterocycles. The standard InChI is InChI=1S/C29H36N8O3S/c1-18-9-7-10-19(2)26(18)21-13-24(34-28(33-21)36-41-25-14-22(27(38)39)35-37(25)6)40-17-20(15-29(3,4)5)32-16-23-30-11-8-12-31-23/h7-14,20,32H,15-17H2,1-6H3,(H,38,39)(H,33,34,36)/t20-/m1/s1. The van der Waals surface area contributed by atoms with Crippen LogP contribution < -0.4 is 14.8 Å². The zero-order valence-electron chi connectivity index (χ0n) is 24.2. The number of benzene rings is 1. The van der Waals surface area contributed by atoms with Gasteiger partial charge >= 0.3 is 5.97 Å². The van der Waals surface area contributed by atoms with Gasteiger partial charge in [0.2, 0.25) is 11.8 Å². The number of hydrogen-bond acceptors (Lipinski definition) is 10. The summed E-state index contributed by atoms with van der Waals surface area (Å²) in [4.78, 5) is 29.4. The monoisotopic (exact) mass is 576 g/mol. The molecule has 0 amide bonds. The minimum Gasteiger partial charge on any atom is -0.476 e. The van der Waals surface area contributed by atoms with E-state index in [9.17, 15) is 9.90 Å². The van der Waals surface area contributed by atoms with Crippen molar-refractivity contribution < 1.29 is 14.6 Å². The maximum absolute atomic E-state index is 11.3. The lowest BCUT2D eigenvalue weighted by molar-refractivity contribution is 0.0689. The minimum absolute atomic E-state index is 0.0204. The molecule has 11 nitrogen and oxygen atoms in total. The Hall–Kier alpha value is -4.03. The van der Waals surface area contributed by atoms with Gasteiger partial charge in [0, 0.05) is 55.1 Å². The largest absolute Gasteiger partial charge is 0.476 e. The smallest absolute Gasteiger partial charge is 0.356 e. The Morgan fingerprint density at radius 3 is 2.44 bits per heavy atom. The molecule has 41 heavy (non-hydrogen) atoms. The molecule has 0 unspecified atom stereocenters. The van der Waals surface area contributed by atoms with Crippen molar-refractivity contribution in [1.82, 2.24) is 35.0 Å². The predicted molar refractivity (Wildman–Crippen MR) is 159 cm³/mol. The molecule has 0 aliphatic carbocycles. The Morgan fingerprint density at radius 2 is 1.80 bits per heavy atom. The van der Waals surface area contributed by atoms with Gasteiger partial charge in [-0.05, 0) is 42.9 Å². The molecule has 3 N–H and O–H groups in total. The van der Waals surface area contributed by atoms with Crippen molar-refractivity contribution in [1.29, 1.82) is 0 Å². The van der Waals surface area contributed by atoms with Crippen LogP contribution in [0.1, 0.15) is 54.6 Å². The fraction of sp³-hybridized carbons (Fsp3) is 0.379. The Bertz CT molecular complexity index is 1470. The number of nitrogens with zero attached hydrogens (tertiary/aromatic N) is 6. The molecule has 0 saturated carbocycles. The van der Waals surface area contributed by atoms with E-state index in [2.05, 4.69) is 50.9 Å². The first-order chi connectivity index (χ1) is 19.5. The highest BCUT2D eigenvalue weighted by atomic mass is 32.2. The quantitative estimate of drug-likeness (QED) is 0.195. The summed E-state index contributed by atoms with van der Waals surface area (Å²) < 4.78 is 10.9. The van der Waals surface area contributed by atoms with Crippen LogP contribution in [-0.2, 0) is 13.6 Å². The number of carboxylic acids is 1. The summed E-state index contributed by atoms with van der Waals surface area (Å²) in [6, 6.07) is 11.3. The summed E-state index contributed by atoms with van der Waals surface area (Å²) in [6.45, 7) is 11.6. The second-order valence-corrected chi connectivity index (χ2v) is 11.8.